The fourth-order valence-corrected chi connectivity index (χ4v) is 2.24. The monoisotopic (exact) mass is 331 g/mol. The van der Waals surface area contributed by atoms with Gasteiger partial charge in [-0.3, -0.25) is 4.79 Å². The predicted molar refractivity (Wildman–Crippen MR) is 72.7 cm³/mol. The van der Waals surface area contributed by atoms with Gasteiger partial charge in [0.25, 0.3) is 6.04 Å². The number of anilines is 1. The van der Waals surface area contributed by atoms with Crippen LogP contribution in [0.3, 0.4) is 0 Å². The summed E-state index contributed by atoms with van der Waals surface area (Å²) < 4.78 is 1.88. The summed E-state index contributed by atoms with van der Waals surface area (Å²) in [5.74, 6) is -0.0279. The van der Waals surface area contributed by atoms with Crippen molar-refractivity contribution in [1.29, 1.82) is 0 Å². The Morgan fingerprint density at radius 2 is 1.65 bits per heavy atom. The van der Waals surface area contributed by atoms with Crippen LogP contribution in [0, 0.1) is 0 Å². The van der Waals surface area contributed by atoms with Crippen LogP contribution in [0.25, 0.3) is 0 Å². The fraction of sp³-hybridized carbons (Fsp3) is 0.133. The largest absolute Gasteiger partial charge is 1.00 e. The van der Waals surface area contributed by atoms with E-state index < -0.39 is 0 Å². The van der Waals surface area contributed by atoms with Gasteiger partial charge in [-0.25, -0.2) is 0 Å². The lowest BCUT2D eigenvalue weighted by Crippen LogP contribution is -3.00. The highest BCUT2D eigenvalue weighted by atomic mass is 79.9. The molecule has 20 heavy (non-hydrogen) atoms. The van der Waals surface area contributed by atoms with E-state index in [9.17, 15) is 4.79 Å². The Bertz CT molecular complexity index is 628. The van der Waals surface area contributed by atoms with E-state index in [-0.39, 0.29) is 28.9 Å². The van der Waals surface area contributed by atoms with Gasteiger partial charge in [-0.05, 0) is 19.1 Å². The molecular weight excluding hydrogens is 318 g/mol. The number of aromatic nitrogens is 1. The number of nitrogens with zero attached hydrogens (tertiary/aromatic N) is 3. The molecule has 3 rings (SSSR count). The van der Waals surface area contributed by atoms with Crippen molar-refractivity contribution in [2.45, 2.75) is 13.0 Å². The van der Waals surface area contributed by atoms with Crippen molar-refractivity contribution in [1.82, 2.24) is 0 Å². The molecule has 5 heteroatoms. The molecule has 4 nitrogen and oxygen atoms in total. The summed E-state index contributed by atoms with van der Waals surface area (Å²) in [4.78, 5) is 12.5. The minimum absolute atomic E-state index is 0. The standard InChI is InChI=1S/C15H14N3O.BrH/c1-12-14(17-10-6-3-7-11-17)15(19)18(16-12)13-8-4-2-5-9-13;/h2-11,14H,1H3;1H/q+1;/p-1. The fourth-order valence-electron chi connectivity index (χ4n) is 2.24. The summed E-state index contributed by atoms with van der Waals surface area (Å²) >= 11 is 0. The maximum atomic E-state index is 12.5. The zero-order valence-electron chi connectivity index (χ0n) is 11.0. The van der Waals surface area contributed by atoms with E-state index in [4.69, 9.17) is 0 Å². The lowest BCUT2D eigenvalue weighted by Gasteiger charge is -2.11. The maximum absolute atomic E-state index is 12.5. The molecule has 2 heterocycles. The van der Waals surface area contributed by atoms with Gasteiger partial charge in [-0.15, -0.1) is 0 Å². The number of amides is 1. The summed E-state index contributed by atoms with van der Waals surface area (Å²) in [5.41, 5.74) is 1.59. The highest BCUT2D eigenvalue weighted by Crippen LogP contribution is 2.23. The second kappa shape index (κ2) is 5.96. The second-order valence-electron chi connectivity index (χ2n) is 4.45. The molecule has 0 spiro atoms. The maximum Gasteiger partial charge on any atom is 0.322 e. The van der Waals surface area contributed by atoms with Crippen molar-refractivity contribution in [3.63, 3.8) is 0 Å². The molecule has 1 aromatic heterocycles. The van der Waals surface area contributed by atoms with Crippen LogP contribution in [-0.2, 0) is 4.79 Å². The molecule has 0 aliphatic carbocycles. The molecule has 0 saturated carbocycles. The third-order valence-corrected chi connectivity index (χ3v) is 3.13. The Hall–Kier alpha value is -2.01. The Morgan fingerprint density at radius 3 is 2.30 bits per heavy atom. The minimum Gasteiger partial charge on any atom is -1.00 e. The summed E-state index contributed by atoms with van der Waals surface area (Å²) in [6, 6.07) is 14.9. The number of hydrogen-bond acceptors (Lipinski definition) is 2. The summed E-state index contributed by atoms with van der Waals surface area (Å²) in [7, 11) is 0. The van der Waals surface area contributed by atoms with Crippen LogP contribution in [0.4, 0.5) is 5.69 Å². The van der Waals surface area contributed by atoms with Crippen LogP contribution in [-0.4, -0.2) is 11.6 Å². The molecule has 1 amide bonds. The van der Waals surface area contributed by atoms with Crippen LogP contribution in [0.2, 0.25) is 0 Å². The van der Waals surface area contributed by atoms with Crippen molar-refractivity contribution in [3.05, 3.63) is 60.9 Å². The average Bonchev–Trinajstić information content (AvgIpc) is 2.76. The number of halogens is 1. The number of benzene rings is 1. The Labute approximate surface area is 128 Å². The number of hydrogen-bond donors (Lipinski definition) is 0. The van der Waals surface area contributed by atoms with E-state index in [0.717, 1.165) is 11.4 Å². The molecule has 0 radical (unpaired) electrons. The molecule has 102 valence electrons. The van der Waals surface area contributed by atoms with Crippen LogP contribution < -0.4 is 26.6 Å². The lowest BCUT2D eigenvalue weighted by molar-refractivity contribution is -0.693. The summed E-state index contributed by atoms with van der Waals surface area (Å²) in [6.07, 6.45) is 3.77. The van der Waals surface area contributed by atoms with Gasteiger partial charge in [-0.2, -0.15) is 14.7 Å². The van der Waals surface area contributed by atoms with Gasteiger partial charge >= 0.3 is 5.91 Å². The molecule has 1 aliphatic rings. The lowest BCUT2D eigenvalue weighted by atomic mass is 10.2. The third-order valence-electron chi connectivity index (χ3n) is 3.13. The first-order valence-corrected chi connectivity index (χ1v) is 6.17. The molecule has 0 bridgehead atoms. The van der Waals surface area contributed by atoms with Gasteiger partial charge in [0.1, 0.15) is 5.71 Å². The van der Waals surface area contributed by atoms with E-state index in [1.54, 1.807) is 0 Å². The van der Waals surface area contributed by atoms with Gasteiger partial charge in [0.15, 0.2) is 12.4 Å². The van der Waals surface area contributed by atoms with Crippen molar-refractivity contribution in [2.24, 2.45) is 5.10 Å². The van der Waals surface area contributed by atoms with Gasteiger partial charge in [0, 0.05) is 12.1 Å². The Balaban J connectivity index is 0.00000147. The Kier molecular flexibility index (Phi) is 4.29. The zero-order chi connectivity index (χ0) is 13.2. The average molecular weight is 332 g/mol. The van der Waals surface area contributed by atoms with E-state index in [2.05, 4.69) is 5.10 Å². The van der Waals surface area contributed by atoms with Crippen molar-refractivity contribution in [3.8, 4) is 0 Å². The molecule has 0 saturated heterocycles. The highest BCUT2D eigenvalue weighted by Gasteiger charge is 2.41. The van der Waals surface area contributed by atoms with E-state index in [0.29, 0.717) is 0 Å². The quantitative estimate of drug-likeness (QED) is 0.646. The molecule has 0 fully saturated rings. The van der Waals surface area contributed by atoms with E-state index in [1.807, 2.05) is 72.4 Å². The normalized spacial score (nSPS) is 17.6. The van der Waals surface area contributed by atoms with Crippen LogP contribution in [0.15, 0.2) is 66.0 Å². The van der Waals surface area contributed by atoms with Gasteiger partial charge in [-0.1, -0.05) is 24.3 Å². The molecule has 1 aromatic carbocycles. The Morgan fingerprint density at radius 1 is 1.05 bits per heavy atom. The van der Waals surface area contributed by atoms with Crippen LogP contribution >= 0.6 is 0 Å². The molecule has 1 unspecified atom stereocenters. The molecular formula is C15H14BrN3O. The van der Waals surface area contributed by atoms with Gasteiger partial charge in [0.05, 0.1) is 5.69 Å². The highest BCUT2D eigenvalue weighted by molar-refractivity contribution is 6.15. The first-order chi connectivity index (χ1) is 9.27. The number of carbonyl (C=O) groups excluding carboxylic acids is 1. The summed E-state index contributed by atoms with van der Waals surface area (Å²) in [6.45, 7) is 1.88. The number of rotatable bonds is 2. The number of pyridine rings is 1. The number of carbonyl (C=O) groups is 1. The second-order valence-corrected chi connectivity index (χ2v) is 4.45. The molecule has 2 aromatic rings. The molecule has 0 N–H and O–H groups in total. The SMILES string of the molecule is CC1=NN(c2ccccc2)C(=O)C1[n+]1ccccc1.[Br-]. The van der Waals surface area contributed by atoms with E-state index in [1.165, 1.54) is 5.01 Å². The van der Waals surface area contributed by atoms with E-state index >= 15 is 0 Å². The number of para-hydroxylation sites is 1. The predicted octanol–water partition coefficient (Wildman–Crippen LogP) is -1.06. The minimum atomic E-state index is -0.346. The van der Waals surface area contributed by atoms with Gasteiger partial charge in [0.2, 0.25) is 0 Å². The van der Waals surface area contributed by atoms with Crippen molar-refractivity contribution < 1.29 is 26.3 Å². The first kappa shape index (κ1) is 14.4. The first-order valence-electron chi connectivity index (χ1n) is 6.17. The van der Waals surface area contributed by atoms with Gasteiger partial charge < -0.3 is 17.0 Å². The molecule has 1 atom stereocenters. The number of hydrazone groups is 1. The smallest absolute Gasteiger partial charge is 0.322 e. The van der Waals surface area contributed by atoms with Crippen molar-refractivity contribution >= 4 is 17.3 Å². The van der Waals surface area contributed by atoms with Crippen LogP contribution in [0.5, 0.6) is 0 Å². The third kappa shape index (κ3) is 2.49. The van der Waals surface area contributed by atoms with Crippen LogP contribution in [0.1, 0.15) is 13.0 Å². The zero-order valence-corrected chi connectivity index (χ0v) is 12.6. The summed E-state index contributed by atoms with van der Waals surface area (Å²) in [5, 5.41) is 5.85. The topological polar surface area (TPSA) is 36.6 Å². The van der Waals surface area contributed by atoms with Crippen molar-refractivity contribution in [2.75, 3.05) is 5.01 Å². The molecule has 1 aliphatic heterocycles.